The minimum absolute atomic E-state index is 0.0613. The Hall–Kier alpha value is -3.13. The molecule has 0 saturated carbocycles. The molecule has 0 bridgehead atoms. The number of fused-ring (bicyclic) bond motifs is 1. The second-order valence-electron chi connectivity index (χ2n) is 8.28. The predicted molar refractivity (Wildman–Crippen MR) is 124 cm³/mol. The average Bonchev–Trinajstić information content (AvgIpc) is 3.10. The highest BCUT2D eigenvalue weighted by Gasteiger charge is 2.26. The Morgan fingerprint density at radius 1 is 1.16 bits per heavy atom. The third-order valence-corrected chi connectivity index (χ3v) is 6.04. The van der Waals surface area contributed by atoms with Crippen molar-refractivity contribution in [1.29, 1.82) is 0 Å². The van der Waals surface area contributed by atoms with E-state index in [1.807, 2.05) is 24.3 Å². The van der Waals surface area contributed by atoms with Gasteiger partial charge in [0, 0.05) is 19.3 Å². The molecule has 2 aliphatic heterocycles. The summed E-state index contributed by atoms with van der Waals surface area (Å²) in [6.07, 6.45) is 6.61. The van der Waals surface area contributed by atoms with Crippen molar-refractivity contribution in [2.75, 3.05) is 50.1 Å². The number of carbonyl (C=O) groups excluding carboxylic acids is 2. The molecule has 0 atom stereocenters. The maximum Gasteiger partial charge on any atom is 0.252 e. The summed E-state index contributed by atoms with van der Waals surface area (Å²) in [6.45, 7) is 4.24. The summed E-state index contributed by atoms with van der Waals surface area (Å²) < 4.78 is 5.21. The number of ether oxygens (including phenoxy) is 1. The Morgan fingerprint density at radius 2 is 1.91 bits per heavy atom. The zero-order valence-corrected chi connectivity index (χ0v) is 18.6. The van der Waals surface area contributed by atoms with Gasteiger partial charge in [0.25, 0.3) is 5.91 Å². The Kier molecular flexibility index (Phi) is 7.21. The molecule has 0 unspecified atom stereocenters. The lowest BCUT2D eigenvalue weighted by molar-refractivity contribution is -0.117. The highest BCUT2D eigenvalue weighted by Crippen LogP contribution is 2.30. The maximum atomic E-state index is 12.7. The van der Waals surface area contributed by atoms with E-state index in [1.165, 1.54) is 25.7 Å². The number of nitrogens with one attached hydrogen (secondary N) is 2. The second kappa shape index (κ2) is 10.5. The number of anilines is 2. The van der Waals surface area contributed by atoms with Crippen molar-refractivity contribution in [3.8, 4) is 5.75 Å². The first-order valence-corrected chi connectivity index (χ1v) is 11.3. The van der Waals surface area contributed by atoms with Crippen molar-refractivity contribution in [3.05, 3.63) is 47.7 Å². The zero-order valence-electron chi connectivity index (χ0n) is 18.6. The smallest absolute Gasteiger partial charge is 0.252 e. The van der Waals surface area contributed by atoms with Crippen LogP contribution in [0, 0.1) is 0 Å². The number of hydrogen-bond donors (Lipinski definition) is 2. The number of carbonyl (C=O) groups is 2. The minimum atomic E-state index is -0.169. The van der Waals surface area contributed by atoms with Crippen LogP contribution in [0.4, 0.5) is 11.5 Å². The SMILES string of the molecule is COc1ccc(CN2C(=O)CNc3ncc(C(=O)NCCN4CCCCCC4)cc32)cc1. The lowest BCUT2D eigenvalue weighted by Gasteiger charge is -2.30. The first-order chi connectivity index (χ1) is 15.6. The minimum Gasteiger partial charge on any atom is -0.497 e. The quantitative estimate of drug-likeness (QED) is 0.693. The van der Waals surface area contributed by atoms with Crippen molar-refractivity contribution < 1.29 is 14.3 Å². The van der Waals surface area contributed by atoms with Gasteiger partial charge in [-0.2, -0.15) is 0 Å². The number of benzene rings is 1. The first-order valence-electron chi connectivity index (χ1n) is 11.3. The Labute approximate surface area is 188 Å². The Balaban J connectivity index is 1.42. The molecule has 1 saturated heterocycles. The van der Waals surface area contributed by atoms with Gasteiger partial charge in [-0.25, -0.2) is 4.98 Å². The normalized spacial score (nSPS) is 16.7. The van der Waals surface area contributed by atoms with E-state index in [0.29, 0.717) is 30.2 Å². The van der Waals surface area contributed by atoms with E-state index in [1.54, 1.807) is 24.3 Å². The van der Waals surface area contributed by atoms with Crippen LogP contribution >= 0.6 is 0 Å². The fraction of sp³-hybridized carbons (Fsp3) is 0.458. The molecular weight excluding hydrogens is 406 g/mol. The van der Waals surface area contributed by atoms with Crippen LogP contribution < -0.4 is 20.3 Å². The zero-order chi connectivity index (χ0) is 22.3. The second-order valence-corrected chi connectivity index (χ2v) is 8.28. The number of hydrogen-bond acceptors (Lipinski definition) is 6. The lowest BCUT2D eigenvalue weighted by atomic mass is 10.1. The van der Waals surface area contributed by atoms with E-state index in [4.69, 9.17) is 4.74 Å². The topological polar surface area (TPSA) is 86.8 Å². The van der Waals surface area contributed by atoms with E-state index in [2.05, 4.69) is 20.5 Å². The number of pyridine rings is 1. The van der Waals surface area contributed by atoms with Crippen LogP contribution in [0.1, 0.15) is 41.6 Å². The number of aromatic nitrogens is 1. The standard InChI is InChI=1S/C24H31N5O3/c1-32-20-8-6-18(7-9-20)17-29-21-14-19(15-26-23(21)27-16-22(29)30)24(31)25-10-13-28-11-4-2-3-5-12-28/h6-9,14-15H,2-5,10-13,16-17H2,1H3,(H,25,31)(H,26,27). The third kappa shape index (κ3) is 5.37. The monoisotopic (exact) mass is 437 g/mol. The fourth-order valence-electron chi connectivity index (χ4n) is 4.18. The molecule has 2 aliphatic rings. The fourth-order valence-corrected chi connectivity index (χ4v) is 4.18. The van der Waals surface area contributed by atoms with E-state index < -0.39 is 0 Å². The summed E-state index contributed by atoms with van der Waals surface area (Å²) >= 11 is 0. The molecule has 4 rings (SSSR count). The first kappa shape index (κ1) is 22.1. The molecule has 1 aromatic carbocycles. The highest BCUT2D eigenvalue weighted by atomic mass is 16.5. The van der Waals surface area contributed by atoms with E-state index in [-0.39, 0.29) is 18.4 Å². The van der Waals surface area contributed by atoms with Gasteiger partial charge in [0.1, 0.15) is 5.75 Å². The largest absolute Gasteiger partial charge is 0.497 e. The molecule has 2 amide bonds. The summed E-state index contributed by atoms with van der Waals surface area (Å²) in [5, 5.41) is 6.05. The van der Waals surface area contributed by atoms with Crippen LogP contribution in [0.15, 0.2) is 36.5 Å². The van der Waals surface area contributed by atoms with Crippen LogP contribution in [-0.2, 0) is 11.3 Å². The van der Waals surface area contributed by atoms with Crippen LogP contribution in [0.25, 0.3) is 0 Å². The molecular formula is C24H31N5O3. The molecule has 0 spiro atoms. The van der Waals surface area contributed by atoms with Gasteiger partial charge in [0.2, 0.25) is 5.91 Å². The summed E-state index contributed by atoms with van der Waals surface area (Å²) in [5.74, 6) is 1.15. The summed E-state index contributed by atoms with van der Waals surface area (Å²) in [4.78, 5) is 33.9. The van der Waals surface area contributed by atoms with Crippen molar-refractivity contribution in [2.45, 2.75) is 32.2 Å². The molecule has 8 nitrogen and oxygen atoms in total. The van der Waals surface area contributed by atoms with Crippen molar-refractivity contribution in [2.24, 2.45) is 0 Å². The van der Waals surface area contributed by atoms with Gasteiger partial charge >= 0.3 is 0 Å². The van der Waals surface area contributed by atoms with E-state index >= 15 is 0 Å². The van der Waals surface area contributed by atoms with E-state index in [9.17, 15) is 9.59 Å². The van der Waals surface area contributed by atoms with Crippen LogP contribution in [0.5, 0.6) is 5.75 Å². The summed E-state index contributed by atoms with van der Waals surface area (Å²) in [5.41, 5.74) is 2.05. The average molecular weight is 438 g/mol. The van der Waals surface area contributed by atoms with Crippen molar-refractivity contribution >= 4 is 23.3 Å². The summed E-state index contributed by atoms with van der Waals surface area (Å²) in [6, 6.07) is 9.35. The van der Waals surface area contributed by atoms with Gasteiger partial charge < -0.3 is 25.2 Å². The lowest BCUT2D eigenvalue weighted by Crippen LogP contribution is -2.40. The summed E-state index contributed by atoms with van der Waals surface area (Å²) in [7, 11) is 1.62. The van der Waals surface area contributed by atoms with E-state index in [0.717, 1.165) is 30.9 Å². The van der Waals surface area contributed by atoms with Gasteiger partial charge in [-0.3, -0.25) is 9.59 Å². The molecule has 1 aromatic heterocycles. The van der Waals surface area contributed by atoms with Gasteiger partial charge in [-0.1, -0.05) is 25.0 Å². The molecule has 8 heteroatoms. The van der Waals surface area contributed by atoms with Crippen LogP contribution in [0.2, 0.25) is 0 Å². The van der Waals surface area contributed by atoms with Crippen molar-refractivity contribution in [3.63, 3.8) is 0 Å². The number of amides is 2. The molecule has 2 aromatic rings. The highest BCUT2D eigenvalue weighted by molar-refractivity contribution is 6.04. The Morgan fingerprint density at radius 3 is 2.62 bits per heavy atom. The Bertz CT molecular complexity index is 939. The molecule has 0 radical (unpaired) electrons. The molecule has 2 N–H and O–H groups in total. The van der Waals surface area contributed by atoms with Crippen LogP contribution in [-0.4, -0.2) is 61.5 Å². The maximum absolute atomic E-state index is 12.7. The number of methoxy groups -OCH3 is 1. The molecule has 170 valence electrons. The van der Waals surface area contributed by atoms with Crippen molar-refractivity contribution in [1.82, 2.24) is 15.2 Å². The number of likely N-dealkylation sites (tertiary alicyclic amines) is 1. The molecule has 1 fully saturated rings. The molecule has 32 heavy (non-hydrogen) atoms. The van der Waals surface area contributed by atoms with Gasteiger partial charge in [0.15, 0.2) is 5.82 Å². The third-order valence-electron chi connectivity index (χ3n) is 6.04. The predicted octanol–water partition coefficient (Wildman–Crippen LogP) is 2.65. The number of rotatable bonds is 7. The van der Waals surface area contributed by atoms with Gasteiger partial charge in [-0.15, -0.1) is 0 Å². The molecule has 3 heterocycles. The van der Waals surface area contributed by atoms with Crippen LogP contribution in [0.3, 0.4) is 0 Å². The molecule has 0 aliphatic carbocycles. The number of nitrogens with zero attached hydrogens (tertiary/aromatic N) is 3. The van der Waals surface area contributed by atoms with Gasteiger partial charge in [0.05, 0.1) is 31.5 Å². The van der Waals surface area contributed by atoms with Gasteiger partial charge in [-0.05, 0) is 49.7 Å².